The molecule has 0 fully saturated rings. The van der Waals surface area contributed by atoms with Gasteiger partial charge in [-0.2, -0.15) is 5.10 Å². The molecule has 2 rings (SSSR count). The molecule has 0 unspecified atom stereocenters. The largest absolute Gasteiger partial charge is 0.490 e. The lowest BCUT2D eigenvalue weighted by Gasteiger charge is -2.03. The number of hydrazone groups is 1. The van der Waals surface area contributed by atoms with Gasteiger partial charge < -0.3 is 4.74 Å². The molecule has 124 valence electrons. The predicted molar refractivity (Wildman–Crippen MR) is 100 cm³/mol. The van der Waals surface area contributed by atoms with Crippen LogP contribution in [0, 0.1) is 0 Å². The molecular formula is C19H20N2O2S. The number of amides is 1. The van der Waals surface area contributed by atoms with Gasteiger partial charge in [-0.25, -0.2) is 5.43 Å². The van der Waals surface area contributed by atoms with Crippen LogP contribution in [0.15, 0.2) is 72.4 Å². The van der Waals surface area contributed by atoms with E-state index in [4.69, 9.17) is 4.74 Å². The number of carbonyl (C=O) groups excluding carboxylic acids is 1. The first kappa shape index (κ1) is 17.8. The summed E-state index contributed by atoms with van der Waals surface area (Å²) in [5.74, 6) is 1.80. The average molecular weight is 340 g/mol. The lowest BCUT2D eigenvalue weighted by molar-refractivity contribution is -0.118. The van der Waals surface area contributed by atoms with Gasteiger partial charge in [-0.05, 0) is 23.3 Å². The molecule has 5 heteroatoms. The molecule has 24 heavy (non-hydrogen) atoms. The Morgan fingerprint density at radius 3 is 2.83 bits per heavy atom. The van der Waals surface area contributed by atoms with Crippen LogP contribution >= 0.6 is 11.8 Å². The van der Waals surface area contributed by atoms with Crippen LogP contribution in [0.2, 0.25) is 0 Å². The van der Waals surface area contributed by atoms with E-state index in [-0.39, 0.29) is 5.91 Å². The fraction of sp³-hybridized carbons (Fsp3) is 0.158. The molecule has 0 heterocycles. The van der Waals surface area contributed by atoms with Crippen molar-refractivity contribution in [1.82, 2.24) is 5.43 Å². The summed E-state index contributed by atoms with van der Waals surface area (Å²) in [5, 5.41) is 3.97. The van der Waals surface area contributed by atoms with Crippen molar-refractivity contribution < 1.29 is 9.53 Å². The smallest absolute Gasteiger partial charge is 0.250 e. The van der Waals surface area contributed by atoms with Crippen LogP contribution in [0.3, 0.4) is 0 Å². The number of hydrogen-bond donors (Lipinski definition) is 1. The van der Waals surface area contributed by atoms with E-state index >= 15 is 0 Å². The topological polar surface area (TPSA) is 50.7 Å². The SMILES string of the molecule is C=CCOc1cccc(/C=N\NC(=O)CSCc2ccccc2)c1. The second-order valence-electron chi connectivity index (χ2n) is 4.94. The summed E-state index contributed by atoms with van der Waals surface area (Å²) in [5.41, 5.74) is 4.59. The molecule has 2 aromatic rings. The van der Waals surface area contributed by atoms with Gasteiger partial charge in [0, 0.05) is 5.75 Å². The molecule has 0 aliphatic rings. The van der Waals surface area contributed by atoms with Gasteiger partial charge in [0.15, 0.2) is 0 Å². The quantitative estimate of drug-likeness (QED) is 0.431. The second kappa shape index (κ2) is 10.3. The lowest BCUT2D eigenvalue weighted by atomic mass is 10.2. The van der Waals surface area contributed by atoms with Crippen LogP contribution in [0.4, 0.5) is 0 Å². The number of benzene rings is 2. The van der Waals surface area contributed by atoms with E-state index < -0.39 is 0 Å². The van der Waals surface area contributed by atoms with Crippen LogP contribution in [0.25, 0.3) is 0 Å². The zero-order chi connectivity index (χ0) is 17.0. The number of carbonyl (C=O) groups is 1. The Hall–Kier alpha value is -2.53. The van der Waals surface area contributed by atoms with Crippen LogP contribution < -0.4 is 10.2 Å². The van der Waals surface area contributed by atoms with Crippen LogP contribution in [0.1, 0.15) is 11.1 Å². The molecule has 0 bridgehead atoms. The van der Waals surface area contributed by atoms with E-state index in [0.717, 1.165) is 17.1 Å². The van der Waals surface area contributed by atoms with E-state index in [1.54, 1.807) is 24.1 Å². The van der Waals surface area contributed by atoms with Crippen molar-refractivity contribution >= 4 is 23.9 Å². The fourth-order valence-corrected chi connectivity index (χ4v) is 2.67. The van der Waals surface area contributed by atoms with Gasteiger partial charge in [0.1, 0.15) is 12.4 Å². The maximum absolute atomic E-state index is 11.8. The third-order valence-electron chi connectivity index (χ3n) is 2.97. The van der Waals surface area contributed by atoms with Crippen LogP contribution in [0.5, 0.6) is 5.75 Å². The van der Waals surface area contributed by atoms with Crippen molar-refractivity contribution in [3.8, 4) is 5.75 Å². The van der Waals surface area contributed by atoms with Gasteiger partial charge >= 0.3 is 0 Å². The maximum atomic E-state index is 11.8. The highest BCUT2D eigenvalue weighted by Gasteiger charge is 2.00. The normalized spacial score (nSPS) is 10.5. The molecule has 0 aromatic heterocycles. The standard InChI is InChI=1S/C19H20N2O2S/c1-2-11-23-18-10-6-9-17(12-18)13-20-21-19(22)15-24-14-16-7-4-3-5-8-16/h2-10,12-13H,1,11,14-15H2,(H,21,22)/b20-13-. The van der Waals surface area contributed by atoms with Crippen LogP contribution in [-0.4, -0.2) is 24.5 Å². The first-order chi connectivity index (χ1) is 11.8. The number of hydrogen-bond acceptors (Lipinski definition) is 4. The van der Waals surface area contributed by atoms with Crippen LogP contribution in [-0.2, 0) is 10.5 Å². The number of rotatable bonds is 9. The number of ether oxygens (including phenoxy) is 1. The van der Waals surface area contributed by atoms with Gasteiger partial charge in [0.25, 0.3) is 0 Å². The van der Waals surface area contributed by atoms with Crippen molar-refractivity contribution in [2.45, 2.75) is 5.75 Å². The molecule has 0 saturated heterocycles. The van der Waals surface area contributed by atoms with E-state index in [1.165, 1.54) is 5.56 Å². The van der Waals surface area contributed by atoms with Gasteiger partial charge in [0.2, 0.25) is 5.91 Å². The average Bonchev–Trinajstić information content (AvgIpc) is 2.61. The van der Waals surface area contributed by atoms with Crippen molar-refractivity contribution in [2.24, 2.45) is 5.10 Å². The van der Waals surface area contributed by atoms with Crippen molar-refractivity contribution in [3.05, 3.63) is 78.4 Å². The molecule has 0 saturated carbocycles. The maximum Gasteiger partial charge on any atom is 0.250 e. The summed E-state index contributed by atoms with van der Waals surface area (Å²) in [6, 6.07) is 17.5. The molecule has 0 radical (unpaired) electrons. The molecule has 0 aliphatic heterocycles. The predicted octanol–water partition coefficient (Wildman–Crippen LogP) is 3.63. The van der Waals surface area contributed by atoms with Gasteiger partial charge in [-0.1, -0.05) is 55.1 Å². The van der Waals surface area contributed by atoms with Crippen molar-refractivity contribution in [1.29, 1.82) is 0 Å². The third-order valence-corrected chi connectivity index (χ3v) is 3.98. The highest BCUT2D eigenvalue weighted by Crippen LogP contribution is 2.12. The molecule has 0 aliphatic carbocycles. The third kappa shape index (κ3) is 6.71. The zero-order valence-electron chi connectivity index (χ0n) is 13.4. The first-order valence-electron chi connectivity index (χ1n) is 7.55. The minimum atomic E-state index is -0.119. The monoisotopic (exact) mass is 340 g/mol. The van der Waals surface area contributed by atoms with E-state index in [1.807, 2.05) is 54.6 Å². The second-order valence-corrected chi connectivity index (χ2v) is 5.93. The highest BCUT2D eigenvalue weighted by atomic mass is 32.2. The molecule has 4 nitrogen and oxygen atoms in total. The molecular weight excluding hydrogens is 320 g/mol. The van der Waals surface area contributed by atoms with Gasteiger partial charge in [0.05, 0.1) is 12.0 Å². The number of nitrogens with one attached hydrogen (secondary N) is 1. The number of thioether (sulfide) groups is 1. The van der Waals surface area contributed by atoms with Gasteiger partial charge in [-0.3, -0.25) is 4.79 Å². The number of nitrogens with zero attached hydrogens (tertiary/aromatic N) is 1. The molecule has 1 N–H and O–H groups in total. The highest BCUT2D eigenvalue weighted by molar-refractivity contribution is 7.99. The Morgan fingerprint density at radius 1 is 1.21 bits per heavy atom. The molecule has 2 aromatic carbocycles. The minimum absolute atomic E-state index is 0.119. The van der Waals surface area contributed by atoms with E-state index in [9.17, 15) is 4.79 Å². The minimum Gasteiger partial charge on any atom is -0.490 e. The zero-order valence-corrected chi connectivity index (χ0v) is 14.2. The van der Waals surface area contributed by atoms with E-state index in [0.29, 0.717) is 12.4 Å². The molecule has 0 atom stereocenters. The molecule has 0 spiro atoms. The Kier molecular flexibility index (Phi) is 7.63. The Bertz CT molecular complexity index is 687. The summed E-state index contributed by atoms with van der Waals surface area (Å²) in [6.07, 6.45) is 3.29. The van der Waals surface area contributed by atoms with Crippen molar-refractivity contribution in [3.63, 3.8) is 0 Å². The Morgan fingerprint density at radius 2 is 2.04 bits per heavy atom. The van der Waals surface area contributed by atoms with Gasteiger partial charge in [-0.15, -0.1) is 11.8 Å². The summed E-state index contributed by atoms with van der Waals surface area (Å²) in [6.45, 7) is 4.06. The summed E-state index contributed by atoms with van der Waals surface area (Å²) in [7, 11) is 0. The first-order valence-corrected chi connectivity index (χ1v) is 8.71. The summed E-state index contributed by atoms with van der Waals surface area (Å²) >= 11 is 1.56. The Labute approximate surface area is 146 Å². The van der Waals surface area contributed by atoms with E-state index in [2.05, 4.69) is 17.1 Å². The lowest BCUT2D eigenvalue weighted by Crippen LogP contribution is -2.19. The fourth-order valence-electron chi connectivity index (χ4n) is 1.89. The summed E-state index contributed by atoms with van der Waals surface area (Å²) < 4.78 is 5.45. The molecule has 1 amide bonds. The Balaban J connectivity index is 1.72. The summed E-state index contributed by atoms with van der Waals surface area (Å²) in [4.78, 5) is 11.8. The van der Waals surface area contributed by atoms with Crippen molar-refractivity contribution in [2.75, 3.05) is 12.4 Å².